The van der Waals surface area contributed by atoms with Crippen molar-refractivity contribution in [2.75, 3.05) is 0 Å². The maximum absolute atomic E-state index is 15.7. The summed E-state index contributed by atoms with van der Waals surface area (Å²) in [5, 5.41) is 0. The smallest absolute Gasteiger partial charge is 0.211 e. The van der Waals surface area contributed by atoms with Crippen molar-refractivity contribution in [1.29, 1.82) is 0 Å². The summed E-state index contributed by atoms with van der Waals surface area (Å²) in [4.78, 5) is 0. The van der Waals surface area contributed by atoms with E-state index in [-0.39, 0.29) is 0 Å². The van der Waals surface area contributed by atoms with Gasteiger partial charge >= 0.3 is 12.0 Å². The van der Waals surface area contributed by atoms with Crippen LogP contribution in [0.3, 0.4) is 0 Å². The highest BCUT2D eigenvalue weighted by molar-refractivity contribution is 5.97. The molecule has 0 N–H and O–H groups in total. The SMILES string of the molecule is FC1=C(F)/C(=C2\c3c(F)c(F)c(F)c(F)c3C3(F)C(F)=C(F)C(F)=C(F)[C+]23)[C+](F)C(F)=C1F. The summed E-state index contributed by atoms with van der Waals surface area (Å²) in [7, 11) is 0. The van der Waals surface area contributed by atoms with Crippen molar-refractivity contribution < 1.29 is 61.5 Å². The molecule has 0 saturated heterocycles. The van der Waals surface area contributed by atoms with Crippen molar-refractivity contribution in [3.05, 3.63) is 98.7 Å². The van der Waals surface area contributed by atoms with Crippen LogP contribution in [-0.2, 0) is 5.67 Å². The average molecular weight is 494 g/mol. The standard InChI is InChI=1S/C19F14/c20-6-2-1(3-7(21)12(26)16(30)13(27)8(3)22)4-9(23)15(29)17(31)18(32)19(4,33)5(2)10(24)14(28)11(6)25/q+2. The molecule has 1 atom stereocenters. The molecule has 4 rings (SSSR count). The number of allylic oxidation sites excluding steroid dienone is 10. The summed E-state index contributed by atoms with van der Waals surface area (Å²) >= 11 is 0. The van der Waals surface area contributed by atoms with Crippen LogP contribution in [-0.4, -0.2) is 0 Å². The Kier molecular flexibility index (Phi) is 4.74. The van der Waals surface area contributed by atoms with E-state index in [0.29, 0.717) is 0 Å². The van der Waals surface area contributed by atoms with E-state index < -0.39 is 110 Å². The molecular weight excluding hydrogens is 494 g/mol. The third kappa shape index (κ3) is 2.48. The van der Waals surface area contributed by atoms with E-state index in [9.17, 15) is 57.1 Å². The Morgan fingerprint density at radius 3 is 1.61 bits per heavy atom. The van der Waals surface area contributed by atoms with Crippen LogP contribution < -0.4 is 0 Å². The molecule has 3 aliphatic carbocycles. The first-order valence-electron chi connectivity index (χ1n) is 8.15. The third-order valence-corrected chi connectivity index (χ3v) is 5.02. The molecule has 33 heavy (non-hydrogen) atoms. The Bertz CT molecular complexity index is 1310. The average Bonchev–Trinajstić information content (AvgIpc) is 3.06. The summed E-state index contributed by atoms with van der Waals surface area (Å²) in [6, 6.07) is 0. The Labute approximate surface area is 172 Å². The summed E-state index contributed by atoms with van der Waals surface area (Å²) in [6.07, 6.45) is -2.89. The van der Waals surface area contributed by atoms with Crippen LogP contribution in [0.15, 0.2) is 52.2 Å². The Hall–Kier alpha value is -3.32. The molecule has 3 aliphatic rings. The first kappa shape index (κ1) is 22.9. The van der Waals surface area contributed by atoms with Gasteiger partial charge in [0.1, 0.15) is 5.56 Å². The van der Waals surface area contributed by atoms with Crippen molar-refractivity contribution in [2.24, 2.45) is 0 Å². The molecule has 0 aromatic heterocycles. The van der Waals surface area contributed by atoms with Crippen LogP contribution in [0, 0.1) is 35.4 Å². The number of rotatable bonds is 0. The van der Waals surface area contributed by atoms with Crippen LogP contribution in [0.2, 0.25) is 0 Å². The minimum absolute atomic E-state index is 2.28. The van der Waals surface area contributed by atoms with Gasteiger partial charge in [0.25, 0.3) is 40.4 Å². The van der Waals surface area contributed by atoms with Crippen molar-refractivity contribution in [1.82, 2.24) is 0 Å². The molecule has 0 heterocycles. The topological polar surface area (TPSA) is 0 Å². The van der Waals surface area contributed by atoms with Gasteiger partial charge in [0, 0.05) is 0 Å². The largest absolute Gasteiger partial charge is 0.307 e. The molecule has 0 saturated carbocycles. The molecule has 14 heteroatoms. The van der Waals surface area contributed by atoms with Crippen LogP contribution in [0.5, 0.6) is 0 Å². The van der Waals surface area contributed by atoms with Crippen molar-refractivity contribution in [2.45, 2.75) is 5.67 Å². The molecule has 0 bridgehead atoms. The van der Waals surface area contributed by atoms with Gasteiger partial charge in [0.15, 0.2) is 23.1 Å². The first-order chi connectivity index (χ1) is 15.2. The van der Waals surface area contributed by atoms with Gasteiger partial charge < -0.3 is 0 Å². The molecule has 0 amide bonds. The summed E-state index contributed by atoms with van der Waals surface area (Å²) < 4.78 is 198. The first-order valence-corrected chi connectivity index (χ1v) is 8.15. The van der Waals surface area contributed by atoms with E-state index >= 15 is 4.39 Å². The van der Waals surface area contributed by atoms with E-state index in [1.165, 1.54) is 0 Å². The Balaban J connectivity index is 2.30. The molecule has 1 aromatic rings. The van der Waals surface area contributed by atoms with E-state index in [1.807, 2.05) is 0 Å². The molecular formula is C19F14+2. The van der Waals surface area contributed by atoms with Crippen LogP contribution in [0.1, 0.15) is 11.1 Å². The summed E-state index contributed by atoms with van der Waals surface area (Å²) in [5.41, 5.74) is -14.5. The molecule has 172 valence electrons. The van der Waals surface area contributed by atoms with Gasteiger partial charge in [0.05, 0.1) is 0 Å². The maximum Gasteiger partial charge on any atom is 0.307 e. The second-order valence-electron chi connectivity index (χ2n) is 6.62. The predicted molar refractivity (Wildman–Crippen MR) is 80.5 cm³/mol. The minimum Gasteiger partial charge on any atom is -0.211 e. The lowest BCUT2D eigenvalue weighted by molar-refractivity contribution is 0.179. The fraction of sp³-hybridized carbons (Fsp3) is 0.0526. The van der Waals surface area contributed by atoms with E-state index in [0.717, 1.165) is 0 Å². The molecule has 0 nitrogen and oxygen atoms in total. The number of benzene rings is 1. The number of alkyl halides is 1. The lowest BCUT2D eigenvalue weighted by Crippen LogP contribution is -2.32. The molecule has 0 spiro atoms. The highest BCUT2D eigenvalue weighted by Crippen LogP contribution is 2.67. The highest BCUT2D eigenvalue weighted by atomic mass is 19.2. The van der Waals surface area contributed by atoms with Crippen LogP contribution >= 0.6 is 0 Å². The monoisotopic (exact) mass is 494 g/mol. The highest BCUT2D eigenvalue weighted by Gasteiger charge is 2.74. The predicted octanol–water partition coefficient (Wildman–Crippen LogP) is 7.88. The molecule has 0 aliphatic heterocycles. The Morgan fingerprint density at radius 1 is 0.515 bits per heavy atom. The zero-order valence-electron chi connectivity index (χ0n) is 14.8. The lowest BCUT2D eigenvalue weighted by atomic mass is 9.79. The molecule has 1 unspecified atom stereocenters. The van der Waals surface area contributed by atoms with Gasteiger partial charge in [-0.15, -0.1) is 17.6 Å². The maximum atomic E-state index is 15.7. The van der Waals surface area contributed by atoms with Crippen molar-refractivity contribution in [3.63, 3.8) is 0 Å². The normalized spacial score (nSPS) is 25.6. The minimum atomic E-state index is -4.94. The van der Waals surface area contributed by atoms with Gasteiger partial charge in [-0.3, -0.25) is 0 Å². The van der Waals surface area contributed by atoms with E-state index in [1.54, 1.807) is 0 Å². The lowest BCUT2D eigenvalue weighted by Gasteiger charge is -2.23. The van der Waals surface area contributed by atoms with Crippen LogP contribution in [0.25, 0.3) is 5.57 Å². The zero-order chi connectivity index (χ0) is 24.9. The molecule has 0 fully saturated rings. The zero-order valence-corrected chi connectivity index (χ0v) is 14.8. The number of halogens is 14. The van der Waals surface area contributed by atoms with Gasteiger partial charge in [-0.25, -0.2) is 17.6 Å². The number of hydrogen-bond acceptors (Lipinski definition) is 0. The fourth-order valence-corrected chi connectivity index (χ4v) is 3.62. The molecule has 1 aromatic carbocycles. The van der Waals surface area contributed by atoms with Gasteiger partial charge in [-0.1, -0.05) is 0 Å². The van der Waals surface area contributed by atoms with E-state index in [2.05, 4.69) is 0 Å². The van der Waals surface area contributed by atoms with Gasteiger partial charge in [-0.2, -0.15) is 26.3 Å². The summed E-state index contributed by atoms with van der Waals surface area (Å²) in [6.45, 7) is 0. The second-order valence-corrected chi connectivity index (χ2v) is 6.62. The Morgan fingerprint density at radius 2 is 1.03 bits per heavy atom. The van der Waals surface area contributed by atoms with Gasteiger partial charge in [0.2, 0.25) is 28.9 Å². The fourth-order valence-electron chi connectivity index (χ4n) is 3.62. The quantitative estimate of drug-likeness (QED) is 0.149. The number of fused-ring (bicyclic) bond motifs is 3. The number of hydrogen-bond donors (Lipinski definition) is 0. The van der Waals surface area contributed by atoms with Gasteiger partial charge in [-0.05, 0) is 0 Å². The molecule has 0 radical (unpaired) electrons. The van der Waals surface area contributed by atoms with Crippen molar-refractivity contribution >= 4 is 5.57 Å². The third-order valence-electron chi connectivity index (χ3n) is 5.02. The van der Waals surface area contributed by atoms with E-state index in [4.69, 9.17) is 0 Å². The second kappa shape index (κ2) is 6.84. The van der Waals surface area contributed by atoms with Crippen LogP contribution in [0.4, 0.5) is 61.5 Å². The summed E-state index contributed by atoms with van der Waals surface area (Å²) in [5.74, 6) is -37.6. The van der Waals surface area contributed by atoms with Crippen molar-refractivity contribution in [3.8, 4) is 0 Å².